The van der Waals surface area contributed by atoms with Crippen LogP contribution in [-0.4, -0.2) is 36.0 Å². The summed E-state index contributed by atoms with van der Waals surface area (Å²) in [5.74, 6) is 0.961. The summed E-state index contributed by atoms with van der Waals surface area (Å²) in [6.45, 7) is 0.801. The second-order valence-corrected chi connectivity index (χ2v) is 7.93. The number of nitrogens with one attached hydrogen (secondary N) is 1. The van der Waals surface area contributed by atoms with Crippen molar-refractivity contribution in [1.82, 2.24) is 29.4 Å². The molecular weight excluding hydrogens is 394 g/mol. The Kier molecular flexibility index (Phi) is 3.95. The Morgan fingerprint density at radius 1 is 1.00 bits per heavy atom. The van der Waals surface area contributed by atoms with E-state index in [1.165, 1.54) is 5.56 Å². The SMILES string of the molecule is c1ccc(CCNc2c(-c3cc4ccccc4n4nnnc34)nc3sccn23)cc1. The molecule has 4 heterocycles. The molecule has 1 N–H and O–H groups in total. The van der Waals surface area contributed by atoms with Crippen LogP contribution >= 0.6 is 11.3 Å². The minimum atomic E-state index is 0.700. The Bertz CT molecular complexity index is 1480. The highest BCUT2D eigenvalue weighted by atomic mass is 32.1. The van der Waals surface area contributed by atoms with E-state index in [4.69, 9.17) is 4.98 Å². The second-order valence-electron chi connectivity index (χ2n) is 7.06. The Balaban J connectivity index is 1.47. The van der Waals surface area contributed by atoms with Gasteiger partial charge in [0.2, 0.25) is 0 Å². The van der Waals surface area contributed by atoms with Crippen molar-refractivity contribution >= 4 is 38.7 Å². The lowest BCUT2D eigenvalue weighted by Crippen LogP contribution is -2.07. The lowest BCUT2D eigenvalue weighted by Gasteiger charge is -2.10. The molecule has 0 aliphatic rings. The van der Waals surface area contributed by atoms with E-state index in [1.807, 2.05) is 35.8 Å². The monoisotopic (exact) mass is 411 g/mol. The number of nitrogens with zero attached hydrogens (tertiary/aromatic N) is 6. The summed E-state index contributed by atoms with van der Waals surface area (Å²) >= 11 is 1.61. The van der Waals surface area contributed by atoms with Crippen molar-refractivity contribution in [2.75, 3.05) is 11.9 Å². The van der Waals surface area contributed by atoms with Gasteiger partial charge in [0.1, 0.15) is 11.5 Å². The van der Waals surface area contributed by atoms with Crippen molar-refractivity contribution in [3.63, 3.8) is 0 Å². The van der Waals surface area contributed by atoms with Gasteiger partial charge in [-0.1, -0.05) is 48.5 Å². The summed E-state index contributed by atoms with van der Waals surface area (Å²) in [4.78, 5) is 5.85. The van der Waals surface area contributed by atoms with Crippen LogP contribution in [0.5, 0.6) is 0 Å². The van der Waals surface area contributed by atoms with Gasteiger partial charge in [0.05, 0.1) is 11.1 Å². The van der Waals surface area contributed by atoms with Gasteiger partial charge in [-0.05, 0) is 34.5 Å². The number of hydrogen-bond acceptors (Lipinski definition) is 6. The molecule has 146 valence electrons. The fraction of sp³-hybridized carbons (Fsp3) is 0.0909. The van der Waals surface area contributed by atoms with Crippen LogP contribution in [0, 0.1) is 0 Å². The minimum Gasteiger partial charge on any atom is -0.369 e. The van der Waals surface area contributed by atoms with E-state index in [9.17, 15) is 0 Å². The van der Waals surface area contributed by atoms with E-state index < -0.39 is 0 Å². The van der Waals surface area contributed by atoms with Crippen molar-refractivity contribution in [3.05, 3.63) is 77.8 Å². The predicted molar refractivity (Wildman–Crippen MR) is 119 cm³/mol. The van der Waals surface area contributed by atoms with Gasteiger partial charge in [0.25, 0.3) is 0 Å². The molecular formula is C22H17N7S. The minimum absolute atomic E-state index is 0.700. The number of benzene rings is 2. The summed E-state index contributed by atoms with van der Waals surface area (Å²) in [6, 6.07) is 20.7. The first-order chi connectivity index (χ1) is 14.9. The lowest BCUT2D eigenvalue weighted by molar-refractivity contribution is 0.842. The van der Waals surface area contributed by atoms with E-state index in [-0.39, 0.29) is 0 Å². The van der Waals surface area contributed by atoms with Gasteiger partial charge in [-0.2, -0.15) is 4.52 Å². The quantitative estimate of drug-likeness (QED) is 0.458. The highest BCUT2D eigenvalue weighted by molar-refractivity contribution is 7.15. The third-order valence-corrected chi connectivity index (χ3v) is 6.00. The molecule has 4 aromatic heterocycles. The number of anilines is 1. The molecule has 0 amide bonds. The molecule has 0 saturated carbocycles. The number of hydrogen-bond donors (Lipinski definition) is 1. The van der Waals surface area contributed by atoms with Crippen LogP contribution in [0.15, 0.2) is 72.2 Å². The van der Waals surface area contributed by atoms with Gasteiger partial charge >= 0.3 is 0 Å². The van der Waals surface area contributed by atoms with E-state index in [0.717, 1.165) is 45.9 Å². The number of tetrazole rings is 1. The predicted octanol–water partition coefficient (Wildman–Crippen LogP) is 4.31. The Morgan fingerprint density at radius 3 is 2.80 bits per heavy atom. The van der Waals surface area contributed by atoms with Crippen LogP contribution in [0.3, 0.4) is 0 Å². The summed E-state index contributed by atoms with van der Waals surface area (Å²) in [5, 5.41) is 19.1. The van der Waals surface area contributed by atoms with Crippen molar-refractivity contribution < 1.29 is 0 Å². The highest BCUT2D eigenvalue weighted by Gasteiger charge is 2.20. The molecule has 6 aromatic rings. The summed E-state index contributed by atoms with van der Waals surface area (Å²) < 4.78 is 3.88. The van der Waals surface area contributed by atoms with Gasteiger partial charge in [0, 0.05) is 23.5 Å². The molecule has 0 spiro atoms. The van der Waals surface area contributed by atoms with Crippen LogP contribution in [0.1, 0.15) is 5.56 Å². The van der Waals surface area contributed by atoms with E-state index in [2.05, 4.69) is 61.6 Å². The third-order valence-electron chi connectivity index (χ3n) is 5.24. The van der Waals surface area contributed by atoms with Gasteiger partial charge in [-0.25, -0.2) is 4.98 Å². The molecule has 0 bridgehead atoms. The Morgan fingerprint density at radius 2 is 1.87 bits per heavy atom. The van der Waals surface area contributed by atoms with Crippen LogP contribution in [0.25, 0.3) is 32.8 Å². The molecule has 0 atom stereocenters. The van der Waals surface area contributed by atoms with Crippen LogP contribution in [0.4, 0.5) is 5.82 Å². The van der Waals surface area contributed by atoms with Crippen molar-refractivity contribution in [2.24, 2.45) is 0 Å². The number of aromatic nitrogens is 6. The Hall–Kier alpha value is -3.78. The van der Waals surface area contributed by atoms with Gasteiger partial charge in [0.15, 0.2) is 10.6 Å². The number of para-hydroxylation sites is 1. The molecule has 0 fully saturated rings. The zero-order valence-electron chi connectivity index (χ0n) is 15.9. The highest BCUT2D eigenvalue weighted by Crippen LogP contribution is 2.34. The average molecular weight is 411 g/mol. The standard InChI is InChI=1S/C22H17N7S/c1-2-6-15(7-3-1)10-11-23-21-19(24-22-28(21)12-13-30-22)17-14-16-8-4-5-9-18(16)29-20(17)25-26-27-29/h1-9,12-14,23H,10-11H2. The van der Waals surface area contributed by atoms with Gasteiger partial charge in [-0.15, -0.1) is 16.4 Å². The smallest absolute Gasteiger partial charge is 0.195 e. The molecule has 6 rings (SSSR count). The maximum absolute atomic E-state index is 4.92. The number of imidazole rings is 1. The molecule has 0 aliphatic carbocycles. The lowest BCUT2D eigenvalue weighted by atomic mass is 10.1. The van der Waals surface area contributed by atoms with Crippen molar-refractivity contribution in [2.45, 2.75) is 6.42 Å². The zero-order chi connectivity index (χ0) is 19.9. The van der Waals surface area contributed by atoms with Gasteiger partial charge < -0.3 is 5.32 Å². The molecule has 0 saturated heterocycles. The molecule has 8 heteroatoms. The fourth-order valence-electron chi connectivity index (χ4n) is 3.83. The van der Waals surface area contributed by atoms with Crippen LogP contribution in [-0.2, 0) is 6.42 Å². The summed E-state index contributed by atoms with van der Waals surface area (Å²) in [7, 11) is 0. The first-order valence-corrected chi connectivity index (χ1v) is 10.6. The van der Waals surface area contributed by atoms with Crippen LogP contribution in [0.2, 0.25) is 0 Å². The molecule has 2 aromatic carbocycles. The molecule has 0 aliphatic heterocycles. The third kappa shape index (κ3) is 2.73. The largest absolute Gasteiger partial charge is 0.369 e. The number of fused-ring (bicyclic) bond motifs is 4. The zero-order valence-corrected chi connectivity index (χ0v) is 16.8. The average Bonchev–Trinajstić information content (AvgIpc) is 3.51. The fourth-order valence-corrected chi connectivity index (χ4v) is 4.54. The topological polar surface area (TPSA) is 72.4 Å². The molecule has 30 heavy (non-hydrogen) atoms. The van der Waals surface area contributed by atoms with E-state index >= 15 is 0 Å². The van der Waals surface area contributed by atoms with Crippen molar-refractivity contribution in [1.29, 1.82) is 0 Å². The maximum Gasteiger partial charge on any atom is 0.195 e. The number of thiazole rings is 1. The van der Waals surface area contributed by atoms with E-state index in [1.54, 1.807) is 15.9 Å². The van der Waals surface area contributed by atoms with Gasteiger partial charge in [-0.3, -0.25) is 4.40 Å². The molecule has 0 radical (unpaired) electrons. The second kappa shape index (κ2) is 6.93. The Labute approximate surface area is 175 Å². The van der Waals surface area contributed by atoms with Crippen molar-refractivity contribution in [3.8, 4) is 11.3 Å². The molecule has 0 unspecified atom stereocenters. The molecule has 7 nitrogen and oxygen atoms in total. The normalized spacial score (nSPS) is 11.6. The number of rotatable bonds is 5. The maximum atomic E-state index is 4.92. The summed E-state index contributed by atoms with van der Waals surface area (Å²) in [5.41, 5.74) is 4.75. The first-order valence-electron chi connectivity index (χ1n) is 9.72. The van der Waals surface area contributed by atoms with E-state index in [0.29, 0.717) is 5.65 Å². The first kappa shape index (κ1) is 17.1. The summed E-state index contributed by atoms with van der Waals surface area (Å²) in [6.07, 6.45) is 2.97. The van der Waals surface area contributed by atoms with Crippen LogP contribution < -0.4 is 5.32 Å². The number of pyridine rings is 1.